The van der Waals surface area contributed by atoms with Gasteiger partial charge in [0, 0.05) is 0 Å². The first kappa shape index (κ1) is 10.8. The first-order chi connectivity index (χ1) is 8.20. The summed E-state index contributed by atoms with van der Waals surface area (Å²) >= 11 is 0. The molecule has 2 unspecified atom stereocenters. The minimum absolute atomic E-state index is 0.365. The van der Waals surface area contributed by atoms with Crippen LogP contribution in [0.3, 0.4) is 0 Å². The van der Waals surface area contributed by atoms with Gasteiger partial charge in [0.25, 0.3) is 0 Å². The molecule has 2 aromatic rings. The predicted molar refractivity (Wildman–Crippen MR) is 70.9 cm³/mol. The van der Waals surface area contributed by atoms with Gasteiger partial charge in [-0.2, -0.15) is 0 Å². The zero-order valence-corrected chi connectivity index (χ0v) is 10.2. The standard InChI is InChI=1S/C16H18O/c1-12-5-4-10-16(12,17)15-9-8-13-6-2-3-7-14(13)11-15/h2-3,6-9,11-12,17H,4-5,10H2,1H3. The molecule has 1 N–H and O–H groups in total. The summed E-state index contributed by atoms with van der Waals surface area (Å²) in [6.45, 7) is 2.15. The average Bonchev–Trinajstić information content (AvgIpc) is 2.70. The maximum Gasteiger partial charge on any atom is 0.0922 e. The van der Waals surface area contributed by atoms with Gasteiger partial charge < -0.3 is 5.11 Å². The monoisotopic (exact) mass is 226 g/mol. The van der Waals surface area contributed by atoms with Gasteiger partial charge in [0.05, 0.1) is 5.60 Å². The summed E-state index contributed by atoms with van der Waals surface area (Å²) in [5.74, 6) is 0.365. The Kier molecular flexibility index (Phi) is 2.44. The van der Waals surface area contributed by atoms with Crippen LogP contribution in [0.15, 0.2) is 42.5 Å². The van der Waals surface area contributed by atoms with Crippen molar-refractivity contribution in [3.8, 4) is 0 Å². The van der Waals surface area contributed by atoms with Crippen molar-refractivity contribution < 1.29 is 5.11 Å². The van der Waals surface area contributed by atoms with Crippen LogP contribution in [-0.2, 0) is 5.60 Å². The SMILES string of the molecule is CC1CCCC1(O)c1ccc2ccccc2c1. The van der Waals surface area contributed by atoms with E-state index in [-0.39, 0.29) is 0 Å². The van der Waals surface area contributed by atoms with Gasteiger partial charge in [-0.25, -0.2) is 0 Å². The number of fused-ring (bicyclic) bond motifs is 1. The maximum atomic E-state index is 10.8. The van der Waals surface area contributed by atoms with Gasteiger partial charge in [-0.3, -0.25) is 0 Å². The van der Waals surface area contributed by atoms with Gasteiger partial charge in [0.1, 0.15) is 0 Å². The van der Waals surface area contributed by atoms with Gasteiger partial charge in [0.2, 0.25) is 0 Å². The van der Waals surface area contributed by atoms with Gasteiger partial charge in [0.15, 0.2) is 0 Å². The molecular formula is C16H18O. The molecule has 3 rings (SSSR count). The Morgan fingerprint density at radius 2 is 1.88 bits per heavy atom. The van der Waals surface area contributed by atoms with E-state index < -0.39 is 5.60 Å². The third-order valence-electron chi connectivity index (χ3n) is 4.26. The van der Waals surface area contributed by atoms with Gasteiger partial charge >= 0.3 is 0 Å². The Labute approximate surface area is 102 Å². The van der Waals surface area contributed by atoms with E-state index in [2.05, 4.69) is 43.3 Å². The molecule has 0 aromatic heterocycles. The second kappa shape index (κ2) is 3.85. The summed E-state index contributed by atoms with van der Waals surface area (Å²) in [6.07, 6.45) is 3.15. The maximum absolute atomic E-state index is 10.8. The summed E-state index contributed by atoms with van der Waals surface area (Å²) in [7, 11) is 0. The van der Waals surface area contributed by atoms with Crippen molar-refractivity contribution in [1.29, 1.82) is 0 Å². The summed E-state index contributed by atoms with van der Waals surface area (Å²) in [5.41, 5.74) is 0.477. The zero-order valence-electron chi connectivity index (χ0n) is 10.2. The van der Waals surface area contributed by atoms with Crippen LogP contribution in [0.2, 0.25) is 0 Å². The molecule has 88 valence electrons. The van der Waals surface area contributed by atoms with E-state index in [0.29, 0.717) is 5.92 Å². The molecular weight excluding hydrogens is 208 g/mol. The third kappa shape index (κ3) is 1.66. The van der Waals surface area contributed by atoms with E-state index in [1.54, 1.807) is 0 Å². The Balaban J connectivity index is 2.12. The van der Waals surface area contributed by atoms with Crippen LogP contribution < -0.4 is 0 Å². The molecule has 0 saturated heterocycles. The van der Waals surface area contributed by atoms with Crippen LogP contribution in [-0.4, -0.2) is 5.11 Å². The molecule has 1 heteroatoms. The fourth-order valence-electron chi connectivity index (χ4n) is 3.05. The number of rotatable bonds is 1. The van der Waals surface area contributed by atoms with Crippen molar-refractivity contribution in [2.45, 2.75) is 31.8 Å². The van der Waals surface area contributed by atoms with Crippen molar-refractivity contribution in [3.05, 3.63) is 48.0 Å². The largest absolute Gasteiger partial charge is 0.385 e. The van der Waals surface area contributed by atoms with E-state index in [9.17, 15) is 5.11 Å². The van der Waals surface area contributed by atoms with E-state index in [1.807, 2.05) is 6.07 Å². The summed E-state index contributed by atoms with van der Waals surface area (Å²) in [4.78, 5) is 0. The van der Waals surface area contributed by atoms with Crippen molar-refractivity contribution in [2.75, 3.05) is 0 Å². The van der Waals surface area contributed by atoms with E-state index in [0.717, 1.165) is 24.8 Å². The third-order valence-corrected chi connectivity index (χ3v) is 4.26. The average molecular weight is 226 g/mol. The number of hydrogen-bond donors (Lipinski definition) is 1. The topological polar surface area (TPSA) is 20.2 Å². The van der Waals surface area contributed by atoms with Gasteiger partial charge in [-0.15, -0.1) is 0 Å². The Bertz CT molecular complexity index is 546. The Morgan fingerprint density at radius 1 is 1.12 bits per heavy atom. The van der Waals surface area contributed by atoms with Crippen molar-refractivity contribution in [2.24, 2.45) is 5.92 Å². The first-order valence-corrected chi connectivity index (χ1v) is 6.42. The van der Waals surface area contributed by atoms with Crippen LogP contribution in [0.4, 0.5) is 0 Å². The molecule has 0 radical (unpaired) electrons. The highest BCUT2D eigenvalue weighted by Gasteiger charge is 2.39. The zero-order chi connectivity index (χ0) is 11.9. The van der Waals surface area contributed by atoms with Crippen molar-refractivity contribution >= 4 is 10.8 Å². The van der Waals surface area contributed by atoms with Crippen molar-refractivity contribution in [3.63, 3.8) is 0 Å². The number of benzene rings is 2. The summed E-state index contributed by atoms with van der Waals surface area (Å²) < 4.78 is 0. The number of aliphatic hydroxyl groups is 1. The molecule has 1 aliphatic carbocycles. The molecule has 2 aromatic carbocycles. The van der Waals surface area contributed by atoms with Crippen LogP contribution in [0.25, 0.3) is 10.8 Å². The van der Waals surface area contributed by atoms with Crippen molar-refractivity contribution in [1.82, 2.24) is 0 Å². The van der Waals surface area contributed by atoms with Crippen LogP contribution in [0.1, 0.15) is 31.7 Å². The van der Waals surface area contributed by atoms with Crippen LogP contribution in [0.5, 0.6) is 0 Å². The molecule has 0 heterocycles. The predicted octanol–water partition coefficient (Wildman–Crippen LogP) is 3.85. The highest BCUT2D eigenvalue weighted by Crippen LogP contribution is 2.43. The normalized spacial score (nSPS) is 28.7. The molecule has 2 atom stereocenters. The molecule has 1 fully saturated rings. The lowest BCUT2D eigenvalue weighted by Gasteiger charge is -2.28. The Morgan fingerprint density at radius 3 is 2.59 bits per heavy atom. The quantitative estimate of drug-likeness (QED) is 0.783. The molecule has 1 aliphatic rings. The molecule has 0 bridgehead atoms. The lowest BCUT2D eigenvalue weighted by Crippen LogP contribution is -2.28. The van der Waals surface area contributed by atoms with Gasteiger partial charge in [-0.1, -0.05) is 43.3 Å². The first-order valence-electron chi connectivity index (χ1n) is 6.42. The lowest BCUT2D eigenvalue weighted by atomic mass is 9.84. The minimum Gasteiger partial charge on any atom is -0.385 e. The van der Waals surface area contributed by atoms with Gasteiger partial charge in [-0.05, 0) is 47.6 Å². The highest BCUT2D eigenvalue weighted by molar-refractivity contribution is 5.83. The van der Waals surface area contributed by atoms with Crippen LogP contribution >= 0.6 is 0 Å². The van der Waals surface area contributed by atoms with E-state index in [4.69, 9.17) is 0 Å². The number of hydrogen-bond acceptors (Lipinski definition) is 1. The summed E-state index contributed by atoms with van der Waals surface area (Å²) in [5, 5.41) is 13.3. The van der Waals surface area contributed by atoms with E-state index in [1.165, 1.54) is 10.8 Å². The molecule has 17 heavy (non-hydrogen) atoms. The minimum atomic E-state index is -0.607. The smallest absolute Gasteiger partial charge is 0.0922 e. The summed E-state index contributed by atoms with van der Waals surface area (Å²) in [6, 6.07) is 14.7. The lowest BCUT2D eigenvalue weighted by molar-refractivity contribution is 0.00461. The highest BCUT2D eigenvalue weighted by atomic mass is 16.3. The molecule has 1 nitrogen and oxygen atoms in total. The fourth-order valence-corrected chi connectivity index (χ4v) is 3.05. The second-order valence-electron chi connectivity index (χ2n) is 5.28. The fraction of sp³-hybridized carbons (Fsp3) is 0.375. The second-order valence-corrected chi connectivity index (χ2v) is 5.28. The van der Waals surface area contributed by atoms with Crippen LogP contribution in [0, 0.1) is 5.92 Å². The molecule has 0 spiro atoms. The molecule has 0 aliphatic heterocycles. The van der Waals surface area contributed by atoms with E-state index >= 15 is 0 Å². The molecule has 0 amide bonds. The Hall–Kier alpha value is -1.34. The molecule has 1 saturated carbocycles.